The van der Waals surface area contributed by atoms with Gasteiger partial charge in [-0.15, -0.1) is 0 Å². The highest BCUT2D eigenvalue weighted by atomic mass is 35.5. The van der Waals surface area contributed by atoms with E-state index in [-0.39, 0.29) is 10.7 Å². The zero-order valence-corrected chi connectivity index (χ0v) is 19.8. The third kappa shape index (κ3) is 5.01. The molecule has 0 bridgehead atoms. The van der Waals surface area contributed by atoms with Crippen molar-refractivity contribution in [2.45, 2.75) is 13.5 Å². The number of carbonyl (C=O) groups excluding carboxylic acids is 2. The molecule has 0 spiro atoms. The van der Waals surface area contributed by atoms with Gasteiger partial charge in [0.15, 0.2) is 0 Å². The van der Waals surface area contributed by atoms with Crippen molar-refractivity contribution < 1.29 is 14.3 Å². The summed E-state index contributed by atoms with van der Waals surface area (Å²) in [4.78, 5) is 26.1. The van der Waals surface area contributed by atoms with Crippen molar-refractivity contribution in [2.24, 2.45) is 0 Å². The summed E-state index contributed by atoms with van der Waals surface area (Å²) in [6.07, 6.45) is 0. The predicted molar refractivity (Wildman–Crippen MR) is 133 cm³/mol. The van der Waals surface area contributed by atoms with Crippen LogP contribution in [-0.4, -0.2) is 22.9 Å². The van der Waals surface area contributed by atoms with Crippen molar-refractivity contribution in [3.63, 3.8) is 0 Å². The molecular formula is C25H19Cl3N2O3. The summed E-state index contributed by atoms with van der Waals surface area (Å²) in [5.74, 6) is -0.991. The maximum Gasteiger partial charge on any atom is 0.296 e. The molecule has 0 aliphatic carbocycles. The Morgan fingerprint density at radius 1 is 0.939 bits per heavy atom. The Bertz CT molecular complexity index is 1350. The van der Waals surface area contributed by atoms with Crippen molar-refractivity contribution in [2.75, 3.05) is 11.9 Å². The Morgan fingerprint density at radius 2 is 1.70 bits per heavy atom. The minimum Gasteiger partial charge on any atom is -0.494 e. The number of hydrogen-bond donors (Lipinski definition) is 1. The van der Waals surface area contributed by atoms with E-state index < -0.39 is 11.7 Å². The molecular weight excluding hydrogens is 483 g/mol. The lowest BCUT2D eigenvalue weighted by molar-refractivity contribution is -0.112. The third-order valence-electron chi connectivity index (χ3n) is 5.05. The van der Waals surface area contributed by atoms with Crippen LogP contribution in [0.3, 0.4) is 0 Å². The smallest absolute Gasteiger partial charge is 0.296 e. The van der Waals surface area contributed by atoms with Gasteiger partial charge in [-0.3, -0.25) is 9.59 Å². The number of hydrogen-bond acceptors (Lipinski definition) is 3. The fraction of sp³-hybridized carbons (Fsp3) is 0.120. The Balaban J connectivity index is 1.77. The quantitative estimate of drug-likeness (QED) is 0.222. The fourth-order valence-corrected chi connectivity index (χ4v) is 4.22. The van der Waals surface area contributed by atoms with E-state index in [0.29, 0.717) is 45.5 Å². The first-order valence-corrected chi connectivity index (χ1v) is 11.3. The summed E-state index contributed by atoms with van der Waals surface area (Å²) >= 11 is 18.7. The van der Waals surface area contributed by atoms with Crippen LogP contribution >= 0.6 is 34.8 Å². The lowest BCUT2D eigenvalue weighted by Crippen LogP contribution is -2.23. The van der Waals surface area contributed by atoms with E-state index in [9.17, 15) is 9.59 Å². The molecule has 0 saturated heterocycles. The maximum absolute atomic E-state index is 13.2. The van der Waals surface area contributed by atoms with Gasteiger partial charge in [0, 0.05) is 27.7 Å². The van der Waals surface area contributed by atoms with Gasteiger partial charge >= 0.3 is 0 Å². The molecule has 0 unspecified atom stereocenters. The Labute approximate surface area is 205 Å². The van der Waals surface area contributed by atoms with Crippen molar-refractivity contribution in [1.29, 1.82) is 0 Å². The summed E-state index contributed by atoms with van der Waals surface area (Å²) < 4.78 is 7.39. The highest BCUT2D eigenvalue weighted by molar-refractivity contribution is 6.52. The van der Waals surface area contributed by atoms with Crippen LogP contribution in [0.1, 0.15) is 22.8 Å². The first-order valence-electron chi connectivity index (χ1n) is 10.2. The van der Waals surface area contributed by atoms with E-state index in [0.717, 1.165) is 5.56 Å². The van der Waals surface area contributed by atoms with Gasteiger partial charge in [-0.25, -0.2) is 0 Å². The third-order valence-corrected chi connectivity index (χ3v) is 5.93. The molecule has 1 N–H and O–H groups in total. The van der Waals surface area contributed by atoms with Gasteiger partial charge < -0.3 is 14.6 Å². The molecule has 5 nitrogen and oxygen atoms in total. The van der Waals surface area contributed by atoms with Gasteiger partial charge in [0.1, 0.15) is 10.9 Å². The molecule has 1 aromatic heterocycles. The van der Waals surface area contributed by atoms with Gasteiger partial charge in [-0.1, -0.05) is 53.0 Å². The van der Waals surface area contributed by atoms with Gasteiger partial charge in [0.25, 0.3) is 11.7 Å². The lowest BCUT2D eigenvalue weighted by Gasteiger charge is -2.08. The van der Waals surface area contributed by atoms with Crippen LogP contribution < -0.4 is 10.1 Å². The number of halogens is 3. The average Bonchev–Trinajstić information content (AvgIpc) is 3.05. The second kappa shape index (κ2) is 9.87. The molecule has 1 heterocycles. The van der Waals surface area contributed by atoms with E-state index in [1.807, 2.05) is 25.1 Å². The normalized spacial score (nSPS) is 10.9. The van der Waals surface area contributed by atoms with Gasteiger partial charge in [0.05, 0.1) is 17.7 Å². The van der Waals surface area contributed by atoms with Gasteiger partial charge in [-0.05, 0) is 61.0 Å². The van der Waals surface area contributed by atoms with E-state index in [1.54, 1.807) is 53.1 Å². The number of ketones is 1. The van der Waals surface area contributed by atoms with Crippen molar-refractivity contribution in [3.8, 4) is 5.75 Å². The summed E-state index contributed by atoms with van der Waals surface area (Å²) in [5, 5.41) is 4.36. The molecule has 0 aliphatic rings. The van der Waals surface area contributed by atoms with Crippen molar-refractivity contribution in [1.82, 2.24) is 4.57 Å². The number of ether oxygens (including phenoxy) is 1. The second-order valence-corrected chi connectivity index (χ2v) is 8.51. The standard InChI is InChI=1S/C25H19Cl3N2O3/c1-2-33-19-10-11-21-20(13-19)22(23(31)25(32)29-18-5-3-4-17(27)12-18)24(28)30(21)14-15-6-8-16(26)9-7-15/h3-13H,2,14H2,1H3,(H,29,32). The minimum absolute atomic E-state index is 0.113. The molecule has 4 aromatic rings. The van der Waals surface area contributed by atoms with Crippen LogP contribution in [0, 0.1) is 0 Å². The van der Waals surface area contributed by atoms with Crippen LogP contribution in [0.5, 0.6) is 5.75 Å². The monoisotopic (exact) mass is 500 g/mol. The van der Waals surface area contributed by atoms with Crippen molar-refractivity contribution >= 4 is 63.1 Å². The molecule has 3 aromatic carbocycles. The van der Waals surface area contributed by atoms with E-state index in [4.69, 9.17) is 39.5 Å². The van der Waals surface area contributed by atoms with Crippen LogP contribution in [0.25, 0.3) is 10.9 Å². The van der Waals surface area contributed by atoms with E-state index >= 15 is 0 Å². The number of aromatic nitrogens is 1. The Morgan fingerprint density at radius 3 is 2.39 bits per heavy atom. The van der Waals surface area contributed by atoms with E-state index in [1.165, 1.54) is 0 Å². The largest absolute Gasteiger partial charge is 0.494 e. The molecule has 1 amide bonds. The number of carbonyl (C=O) groups is 2. The summed E-state index contributed by atoms with van der Waals surface area (Å²) in [5.41, 5.74) is 2.17. The number of Topliss-reactive ketones (excluding diaryl/α,β-unsaturated/α-hetero) is 1. The number of rotatable bonds is 7. The Kier molecular flexibility index (Phi) is 6.94. The van der Waals surface area contributed by atoms with Crippen LogP contribution in [0.15, 0.2) is 66.7 Å². The molecule has 0 radical (unpaired) electrons. The summed E-state index contributed by atoms with van der Waals surface area (Å²) in [6, 6.07) is 19.3. The maximum atomic E-state index is 13.2. The lowest BCUT2D eigenvalue weighted by atomic mass is 10.1. The van der Waals surface area contributed by atoms with Crippen LogP contribution in [0.4, 0.5) is 5.69 Å². The van der Waals surface area contributed by atoms with Gasteiger partial charge in [0.2, 0.25) is 0 Å². The summed E-state index contributed by atoms with van der Waals surface area (Å²) in [6.45, 7) is 2.72. The van der Waals surface area contributed by atoms with Crippen LogP contribution in [0.2, 0.25) is 15.2 Å². The zero-order chi connectivity index (χ0) is 23.5. The van der Waals surface area contributed by atoms with Gasteiger partial charge in [-0.2, -0.15) is 0 Å². The number of benzene rings is 3. The second-order valence-electron chi connectivity index (χ2n) is 7.28. The molecule has 8 heteroatoms. The zero-order valence-electron chi connectivity index (χ0n) is 17.6. The number of anilines is 1. The first-order chi connectivity index (χ1) is 15.9. The summed E-state index contributed by atoms with van der Waals surface area (Å²) in [7, 11) is 0. The van der Waals surface area contributed by atoms with Crippen molar-refractivity contribution in [3.05, 3.63) is 93.1 Å². The highest BCUT2D eigenvalue weighted by Gasteiger charge is 2.27. The molecule has 0 aliphatic heterocycles. The SMILES string of the molecule is CCOc1ccc2c(c1)c(C(=O)C(=O)Nc1cccc(Cl)c1)c(Cl)n2Cc1ccc(Cl)cc1. The molecule has 0 saturated carbocycles. The molecule has 168 valence electrons. The molecule has 33 heavy (non-hydrogen) atoms. The average molecular weight is 502 g/mol. The topological polar surface area (TPSA) is 60.3 Å². The first kappa shape index (κ1) is 23.2. The Hall–Kier alpha value is -2.99. The van der Waals surface area contributed by atoms with E-state index in [2.05, 4.69) is 5.32 Å². The number of amides is 1. The number of fused-ring (bicyclic) bond motifs is 1. The minimum atomic E-state index is -0.813. The molecule has 0 atom stereocenters. The number of nitrogens with one attached hydrogen (secondary N) is 1. The highest BCUT2D eigenvalue weighted by Crippen LogP contribution is 2.34. The van der Waals surface area contributed by atoms with Crippen LogP contribution in [-0.2, 0) is 11.3 Å². The predicted octanol–water partition coefficient (Wildman–Crippen LogP) is 6.87. The molecule has 4 rings (SSSR count). The fourth-order valence-electron chi connectivity index (χ4n) is 3.57. The number of nitrogens with zero attached hydrogens (tertiary/aromatic N) is 1. The molecule has 0 fully saturated rings.